The minimum Gasteiger partial charge on any atom is -0.308 e. The van der Waals surface area contributed by atoms with E-state index in [-0.39, 0.29) is 5.78 Å². The fraction of sp³-hybridized carbons (Fsp3) is 0.615. The van der Waals surface area contributed by atoms with Gasteiger partial charge in [-0.15, -0.1) is 11.3 Å². The van der Waals surface area contributed by atoms with Crippen LogP contribution in [0.1, 0.15) is 23.0 Å². The number of halogens is 1. The van der Waals surface area contributed by atoms with E-state index in [4.69, 9.17) is 11.6 Å². The smallest absolute Gasteiger partial charge is 0.186 e. The molecular formula is C13H21ClN2OS. The van der Waals surface area contributed by atoms with Crippen molar-refractivity contribution >= 4 is 28.7 Å². The zero-order valence-electron chi connectivity index (χ0n) is 11.3. The Balaban J connectivity index is 2.51. The van der Waals surface area contributed by atoms with Crippen LogP contribution in [0.4, 0.5) is 0 Å². The van der Waals surface area contributed by atoms with Gasteiger partial charge in [0.25, 0.3) is 0 Å². The zero-order valence-corrected chi connectivity index (χ0v) is 12.9. The maximum absolute atomic E-state index is 12.1. The molecule has 0 aromatic carbocycles. The summed E-state index contributed by atoms with van der Waals surface area (Å²) in [5.74, 6) is 0.166. The molecule has 0 amide bonds. The van der Waals surface area contributed by atoms with E-state index in [9.17, 15) is 4.79 Å². The summed E-state index contributed by atoms with van der Waals surface area (Å²) in [6.45, 7) is 5.47. The first-order chi connectivity index (χ1) is 8.52. The monoisotopic (exact) mass is 288 g/mol. The number of ketones is 1. The standard InChI is InChI=1S/C13H21ClN2OS/c1-4-7-16(9-8-15(2)3)10-11(17)12-5-6-13(14)18-12/h5-6H,4,7-10H2,1-3H3. The molecule has 18 heavy (non-hydrogen) atoms. The molecule has 0 aliphatic rings. The molecular weight excluding hydrogens is 268 g/mol. The van der Waals surface area contributed by atoms with Crippen molar-refractivity contribution in [2.45, 2.75) is 13.3 Å². The first kappa shape index (κ1) is 15.6. The van der Waals surface area contributed by atoms with E-state index >= 15 is 0 Å². The summed E-state index contributed by atoms with van der Waals surface area (Å²) in [5.41, 5.74) is 0. The van der Waals surface area contributed by atoms with Crippen molar-refractivity contribution in [3.63, 3.8) is 0 Å². The molecule has 0 radical (unpaired) electrons. The minimum absolute atomic E-state index is 0.166. The Morgan fingerprint density at radius 1 is 1.28 bits per heavy atom. The molecule has 1 aromatic rings. The molecule has 0 fully saturated rings. The van der Waals surface area contributed by atoms with Crippen molar-refractivity contribution in [2.75, 3.05) is 40.3 Å². The molecule has 1 heterocycles. The Morgan fingerprint density at radius 2 is 2.00 bits per heavy atom. The lowest BCUT2D eigenvalue weighted by atomic mass is 10.3. The van der Waals surface area contributed by atoms with Gasteiger partial charge < -0.3 is 4.90 Å². The van der Waals surface area contributed by atoms with Gasteiger partial charge in [-0.2, -0.15) is 0 Å². The summed E-state index contributed by atoms with van der Waals surface area (Å²) in [6.07, 6.45) is 1.06. The van der Waals surface area contributed by atoms with Gasteiger partial charge in [-0.1, -0.05) is 18.5 Å². The van der Waals surface area contributed by atoms with Gasteiger partial charge in [-0.3, -0.25) is 9.69 Å². The molecule has 1 aromatic heterocycles. The molecule has 1 rings (SSSR count). The van der Waals surface area contributed by atoms with Crippen LogP contribution in [0.5, 0.6) is 0 Å². The first-order valence-corrected chi connectivity index (χ1v) is 7.38. The molecule has 0 saturated heterocycles. The summed E-state index contributed by atoms with van der Waals surface area (Å²) in [5, 5.41) is 0. The second-order valence-electron chi connectivity index (χ2n) is 4.61. The molecule has 0 aliphatic heterocycles. The van der Waals surface area contributed by atoms with E-state index in [1.54, 1.807) is 6.07 Å². The minimum atomic E-state index is 0.166. The Kier molecular flexibility index (Phi) is 6.86. The molecule has 0 aliphatic carbocycles. The van der Waals surface area contributed by atoms with Gasteiger partial charge in [0.1, 0.15) is 0 Å². The molecule has 0 bridgehead atoms. The predicted molar refractivity (Wildman–Crippen MR) is 78.9 cm³/mol. The number of Topliss-reactive ketones (excluding diaryl/α,β-unsaturated/α-hetero) is 1. The van der Waals surface area contributed by atoms with Crippen molar-refractivity contribution in [1.29, 1.82) is 0 Å². The zero-order chi connectivity index (χ0) is 13.5. The van der Waals surface area contributed by atoms with E-state index in [0.717, 1.165) is 30.9 Å². The van der Waals surface area contributed by atoms with Gasteiger partial charge in [0.2, 0.25) is 0 Å². The Morgan fingerprint density at radius 3 is 2.50 bits per heavy atom. The van der Waals surface area contributed by atoms with Gasteiger partial charge in [-0.25, -0.2) is 0 Å². The van der Waals surface area contributed by atoms with Gasteiger partial charge >= 0.3 is 0 Å². The highest BCUT2D eigenvalue weighted by Gasteiger charge is 2.13. The van der Waals surface area contributed by atoms with E-state index in [0.29, 0.717) is 10.9 Å². The third-order valence-corrected chi connectivity index (χ3v) is 3.89. The molecule has 0 N–H and O–H groups in total. The number of thiophene rings is 1. The Labute approximate surface area is 118 Å². The van der Waals surface area contributed by atoms with Crippen LogP contribution < -0.4 is 0 Å². The van der Waals surface area contributed by atoms with Crippen LogP contribution >= 0.6 is 22.9 Å². The largest absolute Gasteiger partial charge is 0.308 e. The van der Waals surface area contributed by atoms with E-state index in [1.807, 2.05) is 20.2 Å². The topological polar surface area (TPSA) is 23.6 Å². The summed E-state index contributed by atoms with van der Waals surface area (Å²) in [7, 11) is 4.09. The van der Waals surface area contributed by atoms with E-state index < -0.39 is 0 Å². The van der Waals surface area contributed by atoms with Gasteiger partial charge in [-0.05, 0) is 39.2 Å². The molecule has 0 unspecified atom stereocenters. The fourth-order valence-corrected chi connectivity index (χ4v) is 2.65. The first-order valence-electron chi connectivity index (χ1n) is 6.18. The number of carbonyl (C=O) groups excluding carboxylic acids is 1. The highest BCUT2D eigenvalue weighted by molar-refractivity contribution is 7.18. The normalized spacial score (nSPS) is 11.4. The van der Waals surface area contributed by atoms with Crippen molar-refractivity contribution in [3.05, 3.63) is 21.3 Å². The highest BCUT2D eigenvalue weighted by Crippen LogP contribution is 2.21. The van der Waals surface area contributed by atoms with Crippen molar-refractivity contribution < 1.29 is 4.79 Å². The molecule has 3 nitrogen and oxygen atoms in total. The maximum Gasteiger partial charge on any atom is 0.186 e. The number of hydrogen-bond donors (Lipinski definition) is 0. The van der Waals surface area contributed by atoms with Gasteiger partial charge in [0.05, 0.1) is 15.8 Å². The third-order valence-electron chi connectivity index (χ3n) is 2.62. The molecule has 5 heteroatoms. The average Bonchev–Trinajstić information content (AvgIpc) is 2.73. The van der Waals surface area contributed by atoms with Crippen LogP contribution in [0.25, 0.3) is 0 Å². The summed E-state index contributed by atoms with van der Waals surface area (Å²) in [6, 6.07) is 3.59. The molecule has 0 saturated carbocycles. The Hall–Kier alpha value is -0.420. The van der Waals surface area contributed by atoms with Crippen LogP contribution in [0.2, 0.25) is 4.34 Å². The summed E-state index contributed by atoms with van der Waals surface area (Å²) >= 11 is 7.21. The maximum atomic E-state index is 12.1. The quantitative estimate of drug-likeness (QED) is 0.687. The lowest BCUT2D eigenvalue weighted by Crippen LogP contribution is -2.36. The SMILES string of the molecule is CCCN(CCN(C)C)CC(=O)c1ccc(Cl)s1. The average molecular weight is 289 g/mol. The van der Waals surface area contributed by atoms with Crippen LogP contribution in [0, 0.1) is 0 Å². The molecule has 0 spiro atoms. The van der Waals surface area contributed by atoms with Crippen LogP contribution in [-0.2, 0) is 0 Å². The van der Waals surface area contributed by atoms with Crippen molar-refractivity contribution in [1.82, 2.24) is 9.80 Å². The second-order valence-corrected chi connectivity index (χ2v) is 6.32. The number of hydrogen-bond acceptors (Lipinski definition) is 4. The van der Waals surface area contributed by atoms with Gasteiger partial charge in [0.15, 0.2) is 5.78 Å². The second kappa shape index (κ2) is 7.89. The molecule has 102 valence electrons. The van der Waals surface area contributed by atoms with Crippen molar-refractivity contribution in [3.8, 4) is 0 Å². The van der Waals surface area contributed by atoms with Crippen LogP contribution in [-0.4, -0.2) is 55.9 Å². The highest BCUT2D eigenvalue weighted by atomic mass is 35.5. The molecule has 0 atom stereocenters. The van der Waals surface area contributed by atoms with Crippen LogP contribution in [0.15, 0.2) is 12.1 Å². The summed E-state index contributed by atoms with van der Waals surface area (Å²) in [4.78, 5) is 17.2. The number of rotatable bonds is 8. The fourth-order valence-electron chi connectivity index (χ4n) is 1.67. The lowest BCUT2D eigenvalue weighted by Gasteiger charge is -2.22. The number of likely N-dealkylation sites (N-methyl/N-ethyl adjacent to an activating group) is 1. The third kappa shape index (κ3) is 5.48. The lowest BCUT2D eigenvalue weighted by molar-refractivity contribution is 0.0929. The number of nitrogens with zero attached hydrogens (tertiary/aromatic N) is 2. The number of carbonyl (C=O) groups is 1. The van der Waals surface area contributed by atoms with E-state index in [1.165, 1.54) is 11.3 Å². The van der Waals surface area contributed by atoms with Crippen LogP contribution in [0.3, 0.4) is 0 Å². The van der Waals surface area contributed by atoms with Crippen molar-refractivity contribution in [2.24, 2.45) is 0 Å². The Bertz CT molecular complexity index is 379. The van der Waals surface area contributed by atoms with E-state index in [2.05, 4.69) is 16.7 Å². The van der Waals surface area contributed by atoms with Gasteiger partial charge in [0, 0.05) is 13.1 Å². The summed E-state index contributed by atoms with van der Waals surface area (Å²) < 4.78 is 0.675. The predicted octanol–water partition coefficient (Wildman–Crippen LogP) is 2.86.